The van der Waals surface area contributed by atoms with E-state index in [0.717, 1.165) is 0 Å². The molecule has 0 aliphatic carbocycles. The average molecular weight is 324 g/mol. The highest BCUT2D eigenvalue weighted by molar-refractivity contribution is 9.10. The van der Waals surface area contributed by atoms with Gasteiger partial charge in [-0.1, -0.05) is 6.07 Å². The van der Waals surface area contributed by atoms with E-state index in [1.165, 1.54) is 6.07 Å². The fourth-order valence-electron chi connectivity index (χ4n) is 1.45. The first-order chi connectivity index (χ1) is 7.58. The molecule has 92 valence electrons. The second kappa shape index (κ2) is 5.33. The number of ether oxygens (including phenoxy) is 1. The van der Waals surface area contributed by atoms with Crippen LogP contribution in [-0.2, 0) is 4.74 Å². The Morgan fingerprint density at radius 2 is 2.24 bits per heavy atom. The zero-order chi connectivity index (χ0) is 11.7. The van der Waals surface area contributed by atoms with E-state index in [-0.39, 0.29) is 30.7 Å². The largest absolute Gasteiger partial charge is 0.447 e. The van der Waals surface area contributed by atoms with Crippen molar-refractivity contribution in [1.82, 2.24) is 5.32 Å². The molecule has 0 unspecified atom stereocenters. The Kier molecular flexibility index (Phi) is 4.30. The van der Waals surface area contributed by atoms with Crippen molar-refractivity contribution in [3.8, 4) is 0 Å². The minimum absolute atomic E-state index is 0. The Balaban J connectivity index is 0.00000144. The second-order valence-corrected chi connectivity index (χ2v) is 4.12. The van der Waals surface area contributed by atoms with Gasteiger partial charge in [-0.25, -0.2) is 4.79 Å². The summed E-state index contributed by atoms with van der Waals surface area (Å²) in [6.07, 6.45) is -0.504. The van der Waals surface area contributed by atoms with E-state index in [2.05, 4.69) is 21.2 Å². The number of rotatable bonds is 2. The smallest absolute Gasteiger partial charge is 0.407 e. The summed E-state index contributed by atoms with van der Waals surface area (Å²) in [4.78, 5) is 21.1. The Hall–Kier alpha value is -1.34. The molecular formula is C9H8BrClN2O4. The number of carbonyl (C=O) groups is 1. The van der Waals surface area contributed by atoms with Crippen LogP contribution in [0.3, 0.4) is 0 Å². The minimum atomic E-state index is -0.504. The molecule has 1 aliphatic rings. The van der Waals surface area contributed by atoms with Gasteiger partial charge in [-0.3, -0.25) is 10.1 Å². The van der Waals surface area contributed by atoms with Crippen LogP contribution in [0.5, 0.6) is 0 Å². The summed E-state index contributed by atoms with van der Waals surface area (Å²) in [5.74, 6) is 0. The van der Waals surface area contributed by atoms with E-state index in [9.17, 15) is 14.9 Å². The highest BCUT2D eigenvalue weighted by atomic mass is 79.9. The van der Waals surface area contributed by atoms with Crippen molar-refractivity contribution in [3.05, 3.63) is 38.3 Å². The number of nitro benzene ring substituents is 1. The van der Waals surface area contributed by atoms with E-state index < -0.39 is 11.0 Å². The summed E-state index contributed by atoms with van der Waals surface area (Å²) in [5.41, 5.74) is 0.624. The van der Waals surface area contributed by atoms with Crippen molar-refractivity contribution < 1.29 is 14.5 Å². The third-order valence-corrected chi connectivity index (χ3v) is 2.91. The molecule has 17 heavy (non-hydrogen) atoms. The van der Waals surface area contributed by atoms with Crippen LogP contribution in [0.15, 0.2) is 22.7 Å². The number of hydrogen-bond donors (Lipinski definition) is 1. The molecule has 0 radical (unpaired) electrons. The maximum atomic E-state index is 10.8. The first-order valence-electron chi connectivity index (χ1n) is 4.45. The van der Waals surface area contributed by atoms with Gasteiger partial charge in [0.05, 0.1) is 15.4 Å². The maximum Gasteiger partial charge on any atom is 0.407 e. The van der Waals surface area contributed by atoms with Crippen LogP contribution >= 0.6 is 28.3 Å². The molecule has 1 aliphatic heterocycles. The molecule has 1 amide bonds. The average Bonchev–Trinajstić information content (AvgIpc) is 2.65. The molecule has 0 spiro atoms. The first kappa shape index (κ1) is 13.7. The molecule has 1 fully saturated rings. The van der Waals surface area contributed by atoms with Crippen LogP contribution in [-0.4, -0.2) is 17.6 Å². The summed E-state index contributed by atoms with van der Waals surface area (Å²) in [6, 6.07) is 4.39. The normalized spacial score (nSPS) is 17.9. The number of cyclic esters (lactones) is 1. The van der Waals surface area contributed by atoms with Crippen LogP contribution < -0.4 is 5.32 Å². The highest BCUT2D eigenvalue weighted by Crippen LogP contribution is 2.29. The lowest BCUT2D eigenvalue weighted by molar-refractivity contribution is -0.385. The topological polar surface area (TPSA) is 81.5 Å². The number of alkyl carbamates (subject to hydrolysis) is 1. The number of hydrogen-bond acceptors (Lipinski definition) is 4. The molecule has 0 aromatic heterocycles. The minimum Gasteiger partial charge on any atom is -0.447 e. The van der Waals surface area contributed by atoms with Gasteiger partial charge in [0.25, 0.3) is 5.69 Å². The van der Waals surface area contributed by atoms with Crippen molar-refractivity contribution >= 4 is 40.1 Å². The number of nitro groups is 1. The number of carbonyl (C=O) groups excluding carboxylic acids is 1. The summed E-state index contributed by atoms with van der Waals surface area (Å²) < 4.78 is 5.13. The molecule has 1 aromatic rings. The van der Waals surface area contributed by atoms with Crippen molar-refractivity contribution in [2.75, 3.05) is 6.61 Å². The lowest BCUT2D eigenvalue weighted by atomic mass is 10.1. The van der Waals surface area contributed by atoms with Gasteiger partial charge in [-0.2, -0.15) is 0 Å². The molecule has 8 heteroatoms. The summed E-state index contributed by atoms with van der Waals surface area (Å²) in [5, 5.41) is 13.3. The predicted molar refractivity (Wildman–Crippen MR) is 65.3 cm³/mol. The van der Waals surface area contributed by atoms with E-state index in [1.807, 2.05) is 0 Å². The summed E-state index contributed by atoms with van der Waals surface area (Å²) >= 11 is 3.09. The van der Waals surface area contributed by atoms with Gasteiger partial charge < -0.3 is 10.1 Å². The van der Waals surface area contributed by atoms with Crippen molar-refractivity contribution in [2.24, 2.45) is 0 Å². The van der Waals surface area contributed by atoms with Crippen LogP contribution in [0.1, 0.15) is 11.6 Å². The molecule has 2 rings (SSSR count). The quantitative estimate of drug-likeness (QED) is 0.670. The Bertz CT molecular complexity index is 468. The lowest BCUT2D eigenvalue weighted by Gasteiger charge is -2.07. The lowest BCUT2D eigenvalue weighted by Crippen LogP contribution is -2.18. The van der Waals surface area contributed by atoms with Crippen LogP contribution in [0.2, 0.25) is 0 Å². The highest BCUT2D eigenvalue weighted by Gasteiger charge is 2.25. The van der Waals surface area contributed by atoms with Gasteiger partial charge in [0.1, 0.15) is 6.61 Å². The van der Waals surface area contributed by atoms with Gasteiger partial charge in [0, 0.05) is 6.07 Å². The number of halogens is 2. The van der Waals surface area contributed by atoms with Crippen molar-refractivity contribution in [3.63, 3.8) is 0 Å². The standard InChI is InChI=1S/C9H7BrN2O4.ClH/c10-6-2-1-5(3-8(6)12(14)15)7-4-16-9(13)11-7;/h1-3,7H,4H2,(H,11,13);1H/t7-;/m1./s1. The predicted octanol–water partition coefficient (Wildman–Crippen LogP) is 2.56. The number of nitrogens with zero attached hydrogens (tertiary/aromatic N) is 1. The zero-order valence-corrected chi connectivity index (χ0v) is 10.8. The van der Waals surface area contributed by atoms with Gasteiger partial charge in [-0.05, 0) is 27.6 Å². The third kappa shape index (κ3) is 2.86. The molecule has 6 nitrogen and oxygen atoms in total. The third-order valence-electron chi connectivity index (χ3n) is 2.24. The molecule has 1 heterocycles. The number of amides is 1. The zero-order valence-electron chi connectivity index (χ0n) is 8.38. The molecule has 1 saturated heterocycles. The van der Waals surface area contributed by atoms with E-state index in [0.29, 0.717) is 10.0 Å². The Morgan fingerprint density at radius 1 is 1.53 bits per heavy atom. The molecular weight excluding hydrogens is 315 g/mol. The molecule has 1 N–H and O–H groups in total. The molecule has 1 atom stereocenters. The van der Waals surface area contributed by atoms with E-state index in [1.54, 1.807) is 12.1 Å². The second-order valence-electron chi connectivity index (χ2n) is 3.26. The molecule has 0 bridgehead atoms. The molecule has 1 aromatic carbocycles. The van der Waals surface area contributed by atoms with Crippen LogP contribution in [0.25, 0.3) is 0 Å². The fourth-order valence-corrected chi connectivity index (χ4v) is 1.84. The van der Waals surface area contributed by atoms with E-state index in [4.69, 9.17) is 4.74 Å². The van der Waals surface area contributed by atoms with Gasteiger partial charge in [0.15, 0.2) is 0 Å². The summed E-state index contributed by atoms with van der Waals surface area (Å²) in [6.45, 7) is 0.192. The monoisotopic (exact) mass is 322 g/mol. The Morgan fingerprint density at radius 3 is 2.76 bits per heavy atom. The van der Waals surface area contributed by atoms with E-state index >= 15 is 0 Å². The van der Waals surface area contributed by atoms with Crippen molar-refractivity contribution in [2.45, 2.75) is 6.04 Å². The first-order valence-corrected chi connectivity index (χ1v) is 5.24. The number of nitrogens with one attached hydrogen (secondary N) is 1. The van der Waals surface area contributed by atoms with Gasteiger partial charge in [-0.15, -0.1) is 12.4 Å². The number of benzene rings is 1. The van der Waals surface area contributed by atoms with Gasteiger partial charge in [0.2, 0.25) is 0 Å². The summed E-state index contributed by atoms with van der Waals surface area (Å²) in [7, 11) is 0. The van der Waals surface area contributed by atoms with Crippen molar-refractivity contribution in [1.29, 1.82) is 0 Å². The molecule has 0 saturated carbocycles. The Labute approximate surface area is 111 Å². The van der Waals surface area contributed by atoms with Crippen LogP contribution in [0.4, 0.5) is 10.5 Å². The van der Waals surface area contributed by atoms with Gasteiger partial charge >= 0.3 is 6.09 Å². The fraction of sp³-hybridized carbons (Fsp3) is 0.222. The maximum absolute atomic E-state index is 10.8. The van der Waals surface area contributed by atoms with Crippen LogP contribution in [0, 0.1) is 10.1 Å². The SMILES string of the molecule is Cl.O=C1N[C@@H](c2ccc(Br)c([N+](=O)[O-])c2)CO1.